The summed E-state index contributed by atoms with van der Waals surface area (Å²) < 4.78 is 27.0. The van der Waals surface area contributed by atoms with Crippen LogP contribution in [0.25, 0.3) is 0 Å². The molecule has 0 aromatic heterocycles. The number of piperidine rings is 1. The number of hydrogen-bond donors (Lipinski definition) is 4. The molecule has 3 aliphatic rings. The second-order valence-electron chi connectivity index (χ2n) is 7.94. The van der Waals surface area contributed by atoms with E-state index >= 15 is 0 Å². The summed E-state index contributed by atoms with van der Waals surface area (Å²) in [6, 6.07) is 13.4. The van der Waals surface area contributed by atoms with Crippen LogP contribution in [0.1, 0.15) is 42.5 Å². The normalized spacial score (nSPS) is 34.1. The number of rotatable bonds is 2. The van der Waals surface area contributed by atoms with Crippen molar-refractivity contribution in [3.8, 4) is 0 Å². The van der Waals surface area contributed by atoms with Gasteiger partial charge in [0.2, 0.25) is 0 Å². The van der Waals surface area contributed by atoms with Crippen LogP contribution in [0.4, 0.5) is 8.78 Å². The summed E-state index contributed by atoms with van der Waals surface area (Å²) in [6.45, 7) is 0. The Morgan fingerprint density at radius 2 is 1.32 bits per heavy atom. The molecule has 4 N–H and O–H groups in total. The molecule has 2 heterocycles. The largest absolute Gasteiger partial charge is 0.342 e. The van der Waals surface area contributed by atoms with Crippen LogP contribution in [0.2, 0.25) is 0 Å². The summed E-state index contributed by atoms with van der Waals surface area (Å²) >= 11 is 5.39. The Balaban J connectivity index is 1.61. The summed E-state index contributed by atoms with van der Waals surface area (Å²) in [4.78, 5) is 0. The minimum atomic E-state index is -0.404. The van der Waals surface area contributed by atoms with E-state index in [4.69, 9.17) is 12.2 Å². The van der Waals surface area contributed by atoms with Gasteiger partial charge in [-0.1, -0.05) is 30.7 Å². The Labute approximate surface area is 168 Å². The first-order chi connectivity index (χ1) is 13.6. The van der Waals surface area contributed by atoms with Crippen molar-refractivity contribution in [2.75, 3.05) is 0 Å². The molecule has 2 saturated heterocycles. The lowest BCUT2D eigenvalue weighted by Crippen LogP contribution is -2.71. The smallest absolute Gasteiger partial charge is 0.182 e. The first kappa shape index (κ1) is 18.0. The molecule has 28 heavy (non-hydrogen) atoms. The third-order valence-corrected chi connectivity index (χ3v) is 6.73. The number of halogens is 2. The van der Waals surface area contributed by atoms with Gasteiger partial charge in [-0.05, 0) is 60.5 Å². The molecule has 0 radical (unpaired) electrons. The van der Waals surface area contributed by atoms with Gasteiger partial charge < -0.3 is 10.6 Å². The zero-order valence-corrected chi connectivity index (χ0v) is 16.0. The molecule has 4 atom stereocenters. The Hall–Kier alpha value is -2.09. The summed E-state index contributed by atoms with van der Waals surface area (Å²) in [5, 5.41) is 7.90. The third-order valence-electron chi connectivity index (χ3n) is 6.53. The lowest BCUT2D eigenvalue weighted by Gasteiger charge is -2.57. The van der Waals surface area contributed by atoms with Crippen LogP contribution in [0.3, 0.4) is 0 Å². The highest BCUT2D eigenvalue weighted by Gasteiger charge is 2.59. The number of hydrazine groups is 1. The van der Waals surface area contributed by atoms with E-state index in [1.165, 1.54) is 24.3 Å². The van der Waals surface area contributed by atoms with E-state index in [9.17, 15) is 8.78 Å². The molecule has 2 aromatic carbocycles. The Bertz CT molecular complexity index is 827. The summed E-state index contributed by atoms with van der Waals surface area (Å²) in [5.41, 5.74) is 8.23. The van der Waals surface area contributed by atoms with E-state index in [-0.39, 0.29) is 35.6 Å². The highest BCUT2D eigenvalue weighted by Crippen LogP contribution is 2.53. The monoisotopic (exact) mass is 400 g/mol. The molecule has 2 bridgehead atoms. The maximum Gasteiger partial charge on any atom is 0.182 e. The fourth-order valence-electron chi connectivity index (χ4n) is 5.35. The van der Waals surface area contributed by atoms with Crippen molar-refractivity contribution in [2.24, 2.45) is 11.8 Å². The van der Waals surface area contributed by atoms with E-state index in [2.05, 4.69) is 21.5 Å². The van der Waals surface area contributed by atoms with Crippen LogP contribution in [0.15, 0.2) is 48.5 Å². The van der Waals surface area contributed by atoms with E-state index in [1.807, 2.05) is 24.3 Å². The van der Waals surface area contributed by atoms with Crippen LogP contribution >= 0.6 is 12.2 Å². The Morgan fingerprint density at radius 1 is 0.821 bits per heavy atom. The summed E-state index contributed by atoms with van der Waals surface area (Å²) in [5.74, 6) is -0.0422. The van der Waals surface area contributed by atoms with Gasteiger partial charge in [0.25, 0.3) is 0 Å². The molecule has 0 amide bonds. The van der Waals surface area contributed by atoms with Gasteiger partial charge in [0, 0.05) is 23.9 Å². The average Bonchev–Trinajstić information content (AvgIpc) is 3.05. The maximum atomic E-state index is 13.5. The molecule has 7 heteroatoms. The molecular formula is C21H22F2N4S. The van der Waals surface area contributed by atoms with Gasteiger partial charge in [-0.3, -0.25) is 5.43 Å². The van der Waals surface area contributed by atoms with Crippen molar-refractivity contribution in [1.82, 2.24) is 21.5 Å². The van der Waals surface area contributed by atoms with Crippen molar-refractivity contribution in [3.05, 3.63) is 71.3 Å². The van der Waals surface area contributed by atoms with Crippen molar-refractivity contribution in [2.45, 2.75) is 37.0 Å². The minimum Gasteiger partial charge on any atom is -0.342 e. The third kappa shape index (κ3) is 2.80. The first-order valence-corrected chi connectivity index (χ1v) is 10.1. The van der Waals surface area contributed by atoms with Gasteiger partial charge in [-0.25, -0.2) is 14.2 Å². The first-order valence-electron chi connectivity index (χ1n) is 9.69. The van der Waals surface area contributed by atoms with E-state index < -0.39 is 5.66 Å². The Kier molecular flexibility index (Phi) is 4.34. The zero-order valence-electron chi connectivity index (χ0n) is 15.2. The van der Waals surface area contributed by atoms with Crippen molar-refractivity contribution in [3.63, 3.8) is 0 Å². The van der Waals surface area contributed by atoms with Gasteiger partial charge in [0.05, 0.1) is 0 Å². The fourth-order valence-corrected chi connectivity index (χ4v) is 5.57. The van der Waals surface area contributed by atoms with Crippen molar-refractivity contribution >= 4 is 17.3 Å². The predicted molar refractivity (Wildman–Crippen MR) is 107 cm³/mol. The standard InChI is InChI=1S/C21H22F2N4S/c22-14-8-4-12(5-9-14)18-16-2-1-3-17(21(16)25-20(28)26-27-21)19(24-18)13-6-10-15(23)11-7-13/h4-11,16-19,24,27H,1-3H2,(H2,25,26,28). The van der Waals surface area contributed by atoms with Crippen LogP contribution in [0, 0.1) is 23.5 Å². The molecule has 146 valence electrons. The van der Waals surface area contributed by atoms with E-state index in [0.29, 0.717) is 5.11 Å². The molecular weight excluding hydrogens is 378 g/mol. The summed E-state index contributed by atoms with van der Waals surface area (Å²) in [7, 11) is 0. The molecule has 4 unspecified atom stereocenters. The number of hydrogen-bond acceptors (Lipinski definition) is 3. The minimum absolute atomic E-state index is 0.00917. The van der Waals surface area contributed by atoms with Gasteiger partial charge in [0.15, 0.2) is 5.11 Å². The van der Waals surface area contributed by atoms with Gasteiger partial charge in [-0.15, -0.1) is 0 Å². The molecule has 1 spiro atoms. The van der Waals surface area contributed by atoms with Crippen LogP contribution < -0.4 is 21.5 Å². The molecule has 4 nitrogen and oxygen atoms in total. The SMILES string of the molecule is Fc1ccc(C2NC(c3ccc(F)cc3)C3CCCC2C32NNC(=S)N2)cc1. The van der Waals surface area contributed by atoms with E-state index in [0.717, 1.165) is 30.4 Å². The molecule has 1 aliphatic carbocycles. The fraction of sp³-hybridized carbons (Fsp3) is 0.381. The molecule has 3 fully saturated rings. The molecule has 2 aromatic rings. The highest BCUT2D eigenvalue weighted by atomic mass is 32.1. The second kappa shape index (κ2) is 6.76. The van der Waals surface area contributed by atoms with Crippen LogP contribution in [0.5, 0.6) is 0 Å². The molecule has 1 saturated carbocycles. The molecule has 2 aliphatic heterocycles. The predicted octanol–water partition coefficient (Wildman–Crippen LogP) is 3.45. The average molecular weight is 400 g/mol. The maximum absolute atomic E-state index is 13.5. The van der Waals surface area contributed by atoms with Crippen molar-refractivity contribution < 1.29 is 8.78 Å². The van der Waals surface area contributed by atoms with Gasteiger partial charge in [-0.2, -0.15) is 0 Å². The van der Waals surface area contributed by atoms with Crippen molar-refractivity contribution in [1.29, 1.82) is 0 Å². The van der Waals surface area contributed by atoms with Gasteiger partial charge in [0.1, 0.15) is 17.3 Å². The zero-order chi connectivity index (χ0) is 19.3. The topological polar surface area (TPSA) is 48.1 Å². The van der Waals surface area contributed by atoms with E-state index in [1.54, 1.807) is 0 Å². The van der Waals surface area contributed by atoms with Crippen LogP contribution in [-0.4, -0.2) is 10.8 Å². The number of thiocarbonyl (C=S) groups is 1. The summed E-state index contributed by atoms with van der Waals surface area (Å²) in [6.07, 6.45) is 3.14. The van der Waals surface area contributed by atoms with Gasteiger partial charge >= 0.3 is 0 Å². The lowest BCUT2D eigenvalue weighted by molar-refractivity contribution is -0.0262. The lowest BCUT2D eigenvalue weighted by atomic mass is 9.61. The Morgan fingerprint density at radius 3 is 1.75 bits per heavy atom. The quantitative estimate of drug-likeness (QED) is 0.582. The second-order valence-corrected chi connectivity index (χ2v) is 8.35. The van der Waals surface area contributed by atoms with Crippen LogP contribution in [-0.2, 0) is 0 Å². The number of benzene rings is 2. The highest BCUT2D eigenvalue weighted by molar-refractivity contribution is 7.80. The molecule has 5 rings (SSSR count). The number of nitrogens with one attached hydrogen (secondary N) is 4.